The molecule has 2 fully saturated rings. The summed E-state index contributed by atoms with van der Waals surface area (Å²) >= 11 is 0. The van der Waals surface area contributed by atoms with E-state index < -0.39 is 11.7 Å². The lowest BCUT2D eigenvalue weighted by molar-refractivity contribution is -0.137. The summed E-state index contributed by atoms with van der Waals surface area (Å²) in [6.45, 7) is 0.526. The monoisotopic (exact) mass is 285 g/mol. The number of carbonyl (C=O) groups excluding carboxylic acids is 1. The Bertz CT molecular complexity index is 515. The highest BCUT2D eigenvalue weighted by Crippen LogP contribution is 2.34. The highest BCUT2D eigenvalue weighted by molar-refractivity contribution is 5.78. The lowest BCUT2D eigenvalue weighted by atomic mass is 10.1. The molecule has 4 nitrogen and oxygen atoms in total. The molecule has 2 saturated heterocycles. The van der Waals surface area contributed by atoms with Gasteiger partial charge in [0.05, 0.1) is 5.56 Å². The second-order valence-electron chi connectivity index (χ2n) is 5.20. The first-order valence-electron chi connectivity index (χ1n) is 6.53. The summed E-state index contributed by atoms with van der Waals surface area (Å²) in [6, 6.07) is 2.59. The van der Waals surface area contributed by atoms with Crippen molar-refractivity contribution in [3.05, 3.63) is 23.9 Å². The van der Waals surface area contributed by atoms with Crippen LogP contribution in [0.2, 0.25) is 0 Å². The normalized spacial score (nSPS) is 26.4. The van der Waals surface area contributed by atoms with Crippen molar-refractivity contribution in [2.45, 2.75) is 37.5 Å². The van der Waals surface area contributed by atoms with Gasteiger partial charge in [0.1, 0.15) is 5.82 Å². The first-order valence-corrected chi connectivity index (χ1v) is 6.53. The van der Waals surface area contributed by atoms with Crippen LogP contribution in [0.25, 0.3) is 0 Å². The molecule has 2 bridgehead atoms. The van der Waals surface area contributed by atoms with E-state index in [1.165, 1.54) is 6.07 Å². The van der Waals surface area contributed by atoms with Crippen LogP contribution < -0.4 is 10.2 Å². The molecule has 0 saturated carbocycles. The smallest absolute Gasteiger partial charge is 0.354 e. The van der Waals surface area contributed by atoms with Gasteiger partial charge in [0.25, 0.3) is 0 Å². The van der Waals surface area contributed by atoms with Crippen molar-refractivity contribution in [2.24, 2.45) is 0 Å². The number of anilines is 1. The summed E-state index contributed by atoms with van der Waals surface area (Å²) in [5.74, 6) is 0.510. The van der Waals surface area contributed by atoms with Crippen LogP contribution >= 0.6 is 0 Å². The second-order valence-corrected chi connectivity index (χ2v) is 5.20. The van der Waals surface area contributed by atoms with Crippen LogP contribution in [-0.4, -0.2) is 29.5 Å². The number of alkyl halides is 3. The van der Waals surface area contributed by atoms with E-state index in [0.717, 1.165) is 25.1 Å². The van der Waals surface area contributed by atoms with Crippen molar-refractivity contribution in [2.75, 3.05) is 11.4 Å². The largest absolute Gasteiger partial charge is 0.417 e. The second kappa shape index (κ2) is 4.64. The minimum atomic E-state index is -4.37. The summed E-state index contributed by atoms with van der Waals surface area (Å²) in [5, 5.41) is 2.82. The minimum absolute atomic E-state index is 0.00545. The van der Waals surface area contributed by atoms with Gasteiger partial charge in [-0.15, -0.1) is 0 Å². The zero-order chi connectivity index (χ0) is 14.3. The highest BCUT2D eigenvalue weighted by atomic mass is 19.4. The molecule has 0 aromatic carbocycles. The number of amides is 1. The van der Waals surface area contributed by atoms with E-state index in [9.17, 15) is 18.0 Å². The highest BCUT2D eigenvalue weighted by Gasteiger charge is 2.38. The Labute approximate surface area is 114 Å². The number of nitrogens with zero attached hydrogens (tertiary/aromatic N) is 2. The van der Waals surface area contributed by atoms with Gasteiger partial charge in [-0.2, -0.15) is 13.2 Å². The fourth-order valence-corrected chi connectivity index (χ4v) is 2.96. The standard InChI is InChI=1S/C13H14F3N3O/c14-13(15,16)8-1-4-11(17-6-8)19-9-2-3-10(19)7-18-12(20)5-9/h1,4,6,9-10H,2-3,5,7H2,(H,18,20)/t9-,10+/m1/s1. The number of pyridine rings is 1. The number of hydrogen-bond donors (Lipinski definition) is 1. The fourth-order valence-electron chi connectivity index (χ4n) is 2.96. The first-order chi connectivity index (χ1) is 9.45. The Morgan fingerprint density at radius 1 is 1.25 bits per heavy atom. The van der Waals surface area contributed by atoms with Gasteiger partial charge >= 0.3 is 6.18 Å². The molecule has 1 aromatic heterocycles. The third-order valence-corrected chi connectivity index (χ3v) is 3.92. The number of nitrogens with one attached hydrogen (secondary N) is 1. The molecule has 0 radical (unpaired) electrons. The van der Waals surface area contributed by atoms with Crippen LogP contribution in [0.4, 0.5) is 19.0 Å². The number of hydrogen-bond acceptors (Lipinski definition) is 3. The molecule has 0 unspecified atom stereocenters. The number of carbonyl (C=O) groups is 1. The van der Waals surface area contributed by atoms with E-state index in [4.69, 9.17) is 0 Å². The lowest BCUT2D eigenvalue weighted by Gasteiger charge is -2.28. The van der Waals surface area contributed by atoms with Crippen molar-refractivity contribution in [3.63, 3.8) is 0 Å². The van der Waals surface area contributed by atoms with Crippen molar-refractivity contribution in [3.8, 4) is 0 Å². The maximum absolute atomic E-state index is 12.5. The van der Waals surface area contributed by atoms with Crippen LogP contribution in [0.3, 0.4) is 0 Å². The Balaban J connectivity index is 1.87. The first kappa shape index (κ1) is 13.2. The minimum Gasteiger partial charge on any atom is -0.354 e. The number of aromatic nitrogens is 1. The van der Waals surface area contributed by atoms with Gasteiger partial charge in [-0.1, -0.05) is 0 Å². The van der Waals surface area contributed by atoms with E-state index in [2.05, 4.69) is 10.3 Å². The predicted molar refractivity (Wildman–Crippen MR) is 66.2 cm³/mol. The zero-order valence-corrected chi connectivity index (χ0v) is 10.7. The van der Waals surface area contributed by atoms with Crippen LogP contribution in [-0.2, 0) is 11.0 Å². The molecule has 20 heavy (non-hydrogen) atoms. The van der Waals surface area contributed by atoms with Crippen molar-refractivity contribution < 1.29 is 18.0 Å². The molecule has 7 heteroatoms. The zero-order valence-electron chi connectivity index (χ0n) is 10.7. The van der Waals surface area contributed by atoms with Gasteiger partial charge in [-0.05, 0) is 25.0 Å². The van der Waals surface area contributed by atoms with Crippen LogP contribution in [0.5, 0.6) is 0 Å². The summed E-state index contributed by atoms with van der Waals surface area (Å²) < 4.78 is 37.6. The summed E-state index contributed by atoms with van der Waals surface area (Å²) in [7, 11) is 0. The average molecular weight is 285 g/mol. The van der Waals surface area contributed by atoms with E-state index in [1.807, 2.05) is 4.90 Å². The van der Waals surface area contributed by atoms with Crippen molar-refractivity contribution in [1.82, 2.24) is 10.3 Å². The van der Waals surface area contributed by atoms with E-state index in [-0.39, 0.29) is 18.0 Å². The molecule has 2 aliphatic heterocycles. The average Bonchev–Trinajstić information content (AvgIpc) is 2.69. The maximum atomic E-state index is 12.5. The van der Waals surface area contributed by atoms with Crippen LogP contribution in [0.1, 0.15) is 24.8 Å². The van der Waals surface area contributed by atoms with Gasteiger partial charge in [0.15, 0.2) is 0 Å². The Morgan fingerprint density at radius 3 is 2.65 bits per heavy atom. The number of fused-ring (bicyclic) bond motifs is 2. The Morgan fingerprint density at radius 2 is 2.00 bits per heavy atom. The Kier molecular flexibility index (Phi) is 3.07. The number of halogens is 3. The molecule has 1 amide bonds. The SMILES string of the molecule is O=C1C[C@H]2CC[C@@H](CN1)N2c1ccc(C(F)(F)F)cn1. The third-order valence-electron chi connectivity index (χ3n) is 3.92. The molecular weight excluding hydrogens is 271 g/mol. The van der Waals surface area contributed by atoms with Gasteiger partial charge < -0.3 is 10.2 Å². The molecule has 1 N–H and O–H groups in total. The van der Waals surface area contributed by atoms with Crippen molar-refractivity contribution in [1.29, 1.82) is 0 Å². The van der Waals surface area contributed by atoms with E-state index in [1.54, 1.807) is 0 Å². The third kappa shape index (κ3) is 2.32. The van der Waals surface area contributed by atoms with Crippen molar-refractivity contribution >= 4 is 11.7 Å². The number of rotatable bonds is 1. The predicted octanol–water partition coefficient (Wildman–Crippen LogP) is 1.96. The quantitative estimate of drug-likeness (QED) is 0.858. The van der Waals surface area contributed by atoms with Gasteiger partial charge in [0.2, 0.25) is 5.91 Å². The summed E-state index contributed by atoms with van der Waals surface area (Å²) in [5.41, 5.74) is -0.752. The molecule has 2 aliphatic rings. The van der Waals surface area contributed by atoms with E-state index in [0.29, 0.717) is 18.8 Å². The molecule has 0 spiro atoms. The van der Waals surface area contributed by atoms with Gasteiger partial charge in [-0.25, -0.2) is 4.98 Å². The molecule has 0 aliphatic carbocycles. The molecule has 2 atom stereocenters. The lowest BCUT2D eigenvalue weighted by Crippen LogP contribution is -2.38. The van der Waals surface area contributed by atoms with Crippen LogP contribution in [0, 0.1) is 0 Å². The molecule has 108 valence electrons. The molecule has 1 aromatic rings. The van der Waals surface area contributed by atoms with E-state index >= 15 is 0 Å². The van der Waals surface area contributed by atoms with Gasteiger partial charge in [0, 0.05) is 31.2 Å². The molecular formula is C13H14F3N3O. The van der Waals surface area contributed by atoms with Crippen LogP contribution in [0.15, 0.2) is 18.3 Å². The summed E-state index contributed by atoms with van der Waals surface area (Å²) in [6.07, 6.45) is -1.34. The summed E-state index contributed by atoms with van der Waals surface area (Å²) in [4.78, 5) is 17.5. The fraction of sp³-hybridized carbons (Fsp3) is 0.538. The Hall–Kier alpha value is -1.79. The topological polar surface area (TPSA) is 45.2 Å². The maximum Gasteiger partial charge on any atom is 0.417 e. The van der Waals surface area contributed by atoms with Gasteiger partial charge in [-0.3, -0.25) is 4.79 Å². The molecule has 3 rings (SSSR count). The molecule has 3 heterocycles.